The smallest absolute Gasteiger partial charge is 0.451 e. The van der Waals surface area contributed by atoms with Crippen LogP contribution >= 0.6 is 11.6 Å². The van der Waals surface area contributed by atoms with Crippen molar-refractivity contribution >= 4 is 28.5 Å². The third-order valence-electron chi connectivity index (χ3n) is 8.12. The number of anilines is 1. The molecule has 1 unspecified atom stereocenters. The summed E-state index contributed by atoms with van der Waals surface area (Å²) in [5.41, 5.74) is 1.75. The number of halogens is 6. The molecule has 5 aromatic rings. The van der Waals surface area contributed by atoms with E-state index >= 15 is 0 Å². The molecule has 0 bridgehead atoms. The summed E-state index contributed by atoms with van der Waals surface area (Å²) in [4.78, 5) is 19.7. The maximum Gasteiger partial charge on any atom is 0.451 e. The molecule has 1 aromatic carbocycles. The van der Waals surface area contributed by atoms with Crippen LogP contribution in [0.2, 0.25) is 5.02 Å². The van der Waals surface area contributed by atoms with Gasteiger partial charge < -0.3 is 23.9 Å². The number of nitrogens with zero attached hydrogens (tertiary/aromatic N) is 8. The van der Waals surface area contributed by atoms with E-state index in [1.807, 2.05) is 9.47 Å². The standard InChI is InChI=1S/C30H27ClF5N9O2/c31-18-2-1-17(21(33)11-18)16-47-26-4-3-20(32)28(39-26)44-8-6-43(7-9-44)15-25-38-22-12-23(27-40-29(42-41-27)30(34,35)36)37-13-24(22)45(25)14-19-5-10-46-19/h1-4,11-13,19H,5-10,14-16H2,(H,40,41,42). The van der Waals surface area contributed by atoms with Gasteiger partial charge in [0, 0.05) is 49.4 Å². The zero-order valence-electron chi connectivity index (χ0n) is 24.6. The van der Waals surface area contributed by atoms with Gasteiger partial charge >= 0.3 is 6.18 Å². The molecule has 2 fully saturated rings. The lowest BCUT2D eigenvalue weighted by Gasteiger charge is -2.35. The Bertz CT molecular complexity index is 1900. The molecular weight excluding hydrogens is 649 g/mol. The number of aromatic nitrogens is 7. The Morgan fingerprint density at radius 1 is 1.00 bits per heavy atom. The maximum atomic E-state index is 14.9. The van der Waals surface area contributed by atoms with Crippen LogP contribution in [0.1, 0.15) is 23.6 Å². The molecule has 0 radical (unpaired) electrons. The number of hydrogen-bond acceptors (Lipinski definition) is 9. The van der Waals surface area contributed by atoms with Gasteiger partial charge in [-0.15, -0.1) is 10.2 Å². The number of aromatic amines is 1. The van der Waals surface area contributed by atoms with Crippen molar-refractivity contribution in [3.05, 3.63) is 76.5 Å². The SMILES string of the molecule is Fc1cc(Cl)ccc1COc1ccc(F)c(N2CCN(Cc3nc4cc(-c5nnc(C(F)(F)F)[nH]5)ncc4n3CC3CCO3)CC2)n1. The molecule has 0 spiro atoms. The number of imidazole rings is 1. The Hall–Kier alpha value is -4.41. The first-order valence-corrected chi connectivity index (χ1v) is 15.2. The average Bonchev–Trinajstić information content (AvgIpc) is 3.65. The molecule has 7 rings (SSSR count). The molecule has 1 N–H and O–H groups in total. The Morgan fingerprint density at radius 3 is 2.51 bits per heavy atom. The Balaban J connectivity index is 1.05. The highest BCUT2D eigenvalue weighted by atomic mass is 35.5. The van der Waals surface area contributed by atoms with Gasteiger partial charge in [0.05, 0.1) is 36.4 Å². The number of H-pyrrole nitrogens is 1. The fraction of sp³-hybridized carbons (Fsp3) is 0.367. The second-order valence-electron chi connectivity index (χ2n) is 11.2. The predicted octanol–water partition coefficient (Wildman–Crippen LogP) is 5.25. The van der Waals surface area contributed by atoms with Crippen molar-refractivity contribution in [2.45, 2.75) is 38.4 Å². The van der Waals surface area contributed by atoms with Gasteiger partial charge in [0.25, 0.3) is 0 Å². The molecular formula is C30H27ClF5N9O2. The van der Waals surface area contributed by atoms with E-state index < -0.39 is 23.6 Å². The minimum Gasteiger partial charge on any atom is -0.473 e. The van der Waals surface area contributed by atoms with E-state index in [2.05, 4.69) is 30.0 Å². The van der Waals surface area contributed by atoms with Gasteiger partial charge in [0.15, 0.2) is 17.5 Å². The van der Waals surface area contributed by atoms with Gasteiger partial charge in [-0.05, 0) is 30.7 Å². The first-order valence-electron chi connectivity index (χ1n) is 14.8. The highest BCUT2D eigenvalue weighted by molar-refractivity contribution is 6.30. The highest BCUT2D eigenvalue weighted by Gasteiger charge is 2.35. The molecule has 0 amide bonds. The molecule has 2 aliphatic rings. The van der Waals surface area contributed by atoms with Crippen LogP contribution in [-0.2, 0) is 30.6 Å². The lowest BCUT2D eigenvalue weighted by molar-refractivity contribution is -0.144. The molecule has 11 nitrogen and oxygen atoms in total. The fourth-order valence-electron chi connectivity index (χ4n) is 5.49. The summed E-state index contributed by atoms with van der Waals surface area (Å²) in [5.74, 6) is -1.26. The first kappa shape index (κ1) is 31.2. The van der Waals surface area contributed by atoms with Crippen LogP contribution in [0.4, 0.5) is 27.8 Å². The van der Waals surface area contributed by atoms with Crippen molar-refractivity contribution in [3.63, 3.8) is 0 Å². The van der Waals surface area contributed by atoms with E-state index in [0.29, 0.717) is 57.0 Å². The summed E-state index contributed by atoms with van der Waals surface area (Å²) in [6, 6.07) is 8.54. The summed E-state index contributed by atoms with van der Waals surface area (Å²) in [6.45, 7) is 3.71. The largest absolute Gasteiger partial charge is 0.473 e. The zero-order valence-corrected chi connectivity index (χ0v) is 25.4. The van der Waals surface area contributed by atoms with Gasteiger partial charge in [0.1, 0.15) is 23.9 Å². The molecule has 0 aliphatic carbocycles. The molecule has 1 atom stereocenters. The minimum atomic E-state index is -4.66. The molecule has 246 valence electrons. The molecule has 6 heterocycles. The number of hydrogen-bond donors (Lipinski definition) is 1. The second kappa shape index (κ2) is 12.7. The van der Waals surface area contributed by atoms with Crippen LogP contribution < -0.4 is 9.64 Å². The number of ether oxygens (including phenoxy) is 2. The minimum absolute atomic E-state index is 0.0195. The summed E-state index contributed by atoms with van der Waals surface area (Å²) < 4.78 is 81.5. The molecule has 2 aliphatic heterocycles. The van der Waals surface area contributed by atoms with Gasteiger partial charge in [-0.1, -0.05) is 17.7 Å². The number of benzene rings is 1. The summed E-state index contributed by atoms with van der Waals surface area (Å²) >= 11 is 5.82. The summed E-state index contributed by atoms with van der Waals surface area (Å²) in [5, 5.41) is 7.08. The summed E-state index contributed by atoms with van der Waals surface area (Å²) in [7, 11) is 0. The van der Waals surface area contributed by atoms with E-state index in [0.717, 1.165) is 17.8 Å². The van der Waals surface area contributed by atoms with Crippen LogP contribution in [0, 0.1) is 11.6 Å². The molecule has 47 heavy (non-hydrogen) atoms. The topological polar surface area (TPSA) is 110 Å². The van der Waals surface area contributed by atoms with Gasteiger partial charge in [-0.25, -0.2) is 13.8 Å². The third kappa shape index (κ3) is 6.71. The van der Waals surface area contributed by atoms with E-state index in [1.54, 1.807) is 18.3 Å². The van der Waals surface area contributed by atoms with E-state index in [4.69, 9.17) is 26.1 Å². The van der Waals surface area contributed by atoms with Gasteiger partial charge in [-0.2, -0.15) is 18.2 Å². The van der Waals surface area contributed by atoms with Crippen molar-refractivity contribution < 1.29 is 31.4 Å². The van der Waals surface area contributed by atoms with Crippen molar-refractivity contribution in [2.75, 3.05) is 37.7 Å². The lowest BCUT2D eigenvalue weighted by Crippen LogP contribution is -2.47. The molecule has 17 heteroatoms. The lowest BCUT2D eigenvalue weighted by atomic mass is 10.2. The molecule has 2 saturated heterocycles. The Labute approximate surface area is 269 Å². The predicted molar refractivity (Wildman–Crippen MR) is 160 cm³/mol. The number of rotatable bonds is 9. The zero-order chi connectivity index (χ0) is 32.7. The number of alkyl halides is 3. The van der Waals surface area contributed by atoms with Gasteiger partial charge in [0.2, 0.25) is 11.7 Å². The summed E-state index contributed by atoms with van der Waals surface area (Å²) in [6.07, 6.45) is -2.17. The van der Waals surface area contributed by atoms with E-state index in [1.165, 1.54) is 24.3 Å². The number of pyridine rings is 2. The number of piperazine rings is 1. The highest BCUT2D eigenvalue weighted by Crippen LogP contribution is 2.29. The quantitative estimate of drug-likeness (QED) is 0.210. The second-order valence-corrected chi connectivity index (χ2v) is 11.7. The van der Waals surface area contributed by atoms with Crippen molar-refractivity contribution in [3.8, 4) is 17.4 Å². The fourth-order valence-corrected chi connectivity index (χ4v) is 5.65. The number of nitrogens with one attached hydrogen (secondary N) is 1. The van der Waals surface area contributed by atoms with Crippen LogP contribution in [-0.4, -0.2) is 78.5 Å². The third-order valence-corrected chi connectivity index (χ3v) is 8.36. The first-order chi connectivity index (χ1) is 22.6. The van der Waals surface area contributed by atoms with Crippen LogP contribution in [0.5, 0.6) is 5.88 Å². The van der Waals surface area contributed by atoms with E-state index in [9.17, 15) is 22.0 Å². The average molecular weight is 676 g/mol. The Morgan fingerprint density at radius 2 is 1.81 bits per heavy atom. The van der Waals surface area contributed by atoms with Crippen LogP contribution in [0.3, 0.4) is 0 Å². The van der Waals surface area contributed by atoms with Crippen molar-refractivity contribution in [1.82, 2.24) is 39.6 Å². The van der Waals surface area contributed by atoms with Crippen LogP contribution in [0.15, 0.2) is 42.6 Å². The molecule has 0 saturated carbocycles. The van der Waals surface area contributed by atoms with Crippen molar-refractivity contribution in [2.24, 2.45) is 0 Å². The monoisotopic (exact) mass is 675 g/mol. The van der Waals surface area contributed by atoms with Gasteiger partial charge in [-0.3, -0.25) is 9.88 Å². The van der Waals surface area contributed by atoms with E-state index in [-0.39, 0.29) is 40.9 Å². The normalized spacial score (nSPS) is 17.3. The Kier molecular flexibility index (Phi) is 8.40. The number of fused-ring (bicyclic) bond motifs is 1. The van der Waals surface area contributed by atoms with Crippen molar-refractivity contribution in [1.29, 1.82) is 0 Å². The molecule has 4 aromatic heterocycles. The maximum absolute atomic E-state index is 14.9. The van der Waals surface area contributed by atoms with Crippen LogP contribution in [0.25, 0.3) is 22.6 Å².